The summed E-state index contributed by atoms with van der Waals surface area (Å²) in [5, 5.41) is 10.6. The number of carbonyl (C=O) groups is 1. The van der Waals surface area contributed by atoms with E-state index < -0.39 is 0 Å². The molecule has 10 rings (SSSR count). The number of fused-ring (bicyclic) bond motifs is 4. The summed E-state index contributed by atoms with van der Waals surface area (Å²) in [5.74, 6) is 15.3. The average molecular weight is 306 g/mol. The summed E-state index contributed by atoms with van der Waals surface area (Å²) < 4.78 is 0. The zero-order chi connectivity index (χ0) is 14.3. The lowest BCUT2D eigenvalue weighted by Gasteiger charge is -2.39. The van der Waals surface area contributed by atoms with Gasteiger partial charge in [0.1, 0.15) is 0 Å². The van der Waals surface area contributed by atoms with Gasteiger partial charge in [-0.05, 0) is 113 Å². The van der Waals surface area contributed by atoms with Crippen LogP contribution in [0.1, 0.15) is 12.8 Å². The molecule has 0 aromatic heterocycles. The zero-order valence-electron chi connectivity index (χ0n) is 13.1. The minimum Gasteiger partial charge on any atom is -0.481 e. The highest BCUT2D eigenvalue weighted by Gasteiger charge is 2.97. The van der Waals surface area contributed by atoms with Crippen LogP contribution in [0.25, 0.3) is 0 Å². The molecule has 118 valence electrons. The summed E-state index contributed by atoms with van der Waals surface area (Å²) in [6, 6.07) is 0. The second kappa shape index (κ2) is 2.38. The monoisotopic (exact) mass is 306 g/mol. The largest absolute Gasteiger partial charge is 0.481 e. The van der Waals surface area contributed by atoms with Gasteiger partial charge in [0.15, 0.2) is 0 Å². The molecule has 2 nitrogen and oxygen atoms in total. The van der Waals surface area contributed by atoms with Gasteiger partial charge in [0, 0.05) is 0 Å². The van der Waals surface area contributed by atoms with E-state index in [0.29, 0.717) is 17.8 Å². The molecule has 10 aliphatic carbocycles. The van der Waals surface area contributed by atoms with Gasteiger partial charge in [-0.25, -0.2) is 0 Å². The molecule has 0 aromatic carbocycles. The first kappa shape index (κ1) is 10.5. The highest BCUT2D eigenvalue weighted by Crippen LogP contribution is 2.99. The van der Waals surface area contributed by atoms with Crippen molar-refractivity contribution in [2.75, 3.05) is 0 Å². The molecule has 0 amide bonds. The van der Waals surface area contributed by atoms with Gasteiger partial charge in [-0.2, -0.15) is 0 Å². The van der Waals surface area contributed by atoms with Crippen LogP contribution in [-0.4, -0.2) is 11.1 Å². The van der Waals surface area contributed by atoms with E-state index in [2.05, 4.69) is 0 Å². The smallest absolute Gasteiger partial charge is 0.310 e. The van der Waals surface area contributed by atoms with E-state index >= 15 is 0 Å². The first-order valence-corrected chi connectivity index (χ1v) is 10.5. The van der Waals surface area contributed by atoms with E-state index in [9.17, 15) is 9.90 Å². The van der Waals surface area contributed by atoms with E-state index in [1.165, 1.54) is 12.8 Å². The van der Waals surface area contributed by atoms with Crippen LogP contribution in [0.4, 0.5) is 0 Å². The molecule has 10 aliphatic rings. The molecule has 0 saturated heterocycles. The maximum atomic E-state index is 12.9. The van der Waals surface area contributed by atoms with Crippen LogP contribution in [0.3, 0.4) is 0 Å². The molecule has 10 fully saturated rings. The molecule has 0 bridgehead atoms. The lowest BCUT2D eigenvalue weighted by Crippen LogP contribution is -2.44. The van der Waals surface area contributed by atoms with Gasteiger partial charge in [0.05, 0.1) is 5.41 Å². The van der Waals surface area contributed by atoms with Gasteiger partial charge in [-0.1, -0.05) is 0 Å². The fraction of sp³-hybridized carbons (Fsp3) is 0.952. The Kier molecular flexibility index (Phi) is 1.08. The maximum Gasteiger partial charge on any atom is 0.310 e. The number of rotatable bonds is 1. The van der Waals surface area contributed by atoms with Gasteiger partial charge in [-0.3, -0.25) is 4.79 Å². The Morgan fingerprint density at radius 2 is 1.13 bits per heavy atom. The first-order valence-electron chi connectivity index (χ1n) is 10.5. The molecule has 0 spiro atoms. The van der Waals surface area contributed by atoms with Crippen molar-refractivity contribution in [3.8, 4) is 0 Å². The van der Waals surface area contributed by atoms with Gasteiger partial charge in [0.2, 0.25) is 0 Å². The van der Waals surface area contributed by atoms with Crippen molar-refractivity contribution in [1.82, 2.24) is 0 Å². The van der Waals surface area contributed by atoms with Gasteiger partial charge in [-0.15, -0.1) is 0 Å². The molecule has 0 heterocycles. The second-order valence-corrected chi connectivity index (χ2v) is 11.7. The highest BCUT2D eigenvalue weighted by molar-refractivity contribution is 5.80. The van der Waals surface area contributed by atoms with Crippen LogP contribution in [0.2, 0.25) is 0 Å². The third-order valence-corrected chi connectivity index (χ3v) is 13.1. The molecule has 14 atom stereocenters. The molecule has 0 radical (unpaired) electrons. The highest BCUT2D eigenvalue weighted by atomic mass is 16.4. The Hall–Kier alpha value is -0.530. The predicted octanol–water partition coefficient (Wildman–Crippen LogP) is 2.45. The zero-order valence-corrected chi connectivity index (χ0v) is 13.1. The van der Waals surface area contributed by atoms with Gasteiger partial charge >= 0.3 is 5.97 Å². The molecule has 0 aliphatic heterocycles. The van der Waals surface area contributed by atoms with Crippen LogP contribution in [0.5, 0.6) is 0 Å². The SMILES string of the molecule is O=C(O)C12C3C4CC5C6C7CC3C3C7C7C6C6C5C4C1C6C7C32. The maximum absolute atomic E-state index is 12.9. The third kappa shape index (κ3) is 0.570. The number of hydrogen-bond donors (Lipinski definition) is 1. The van der Waals surface area contributed by atoms with Crippen LogP contribution in [0, 0.1) is 106 Å². The standard InChI is InChI=1S/C21H22O2/c22-20(23)21-17-5-1-3-7-4-2-6(17)11-9(4)14-12(7)13-8(3)10(5)18(21)15(13)16(14)19(11)21/h3-19H,1-2H2,(H,22,23). The number of carboxylic acids is 1. The fourth-order valence-corrected chi connectivity index (χ4v) is 14.7. The van der Waals surface area contributed by atoms with Gasteiger partial charge in [0.25, 0.3) is 0 Å². The van der Waals surface area contributed by atoms with Crippen LogP contribution >= 0.6 is 0 Å². The number of carboxylic acid groups (broad SMARTS) is 1. The van der Waals surface area contributed by atoms with Crippen LogP contribution in [-0.2, 0) is 4.79 Å². The Morgan fingerprint density at radius 3 is 1.65 bits per heavy atom. The number of hydrogen-bond acceptors (Lipinski definition) is 1. The summed E-state index contributed by atoms with van der Waals surface area (Å²) in [5.41, 5.74) is -0.203. The van der Waals surface area contributed by atoms with E-state index in [1.807, 2.05) is 0 Å². The Bertz CT molecular complexity index is 729. The Labute approximate surface area is 135 Å². The summed E-state index contributed by atoms with van der Waals surface area (Å²) in [4.78, 5) is 12.9. The first-order chi connectivity index (χ1) is 11.3. The summed E-state index contributed by atoms with van der Waals surface area (Å²) in [7, 11) is 0. The minimum atomic E-state index is -0.308. The molecule has 2 heteroatoms. The quantitative estimate of drug-likeness (QED) is 0.808. The number of aliphatic carboxylic acids is 1. The average Bonchev–Trinajstić information content (AvgIpc) is 3.22. The Morgan fingerprint density at radius 1 is 0.609 bits per heavy atom. The fourth-order valence-electron chi connectivity index (χ4n) is 14.7. The summed E-state index contributed by atoms with van der Waals surface area (Å²) in [6.45, 7) is 0. The van der Waals surface area contributed by atoms with E-state index in [-0.39, 0.29) is 11.4 Å². The molecule has 0 aromatic rings. The van der Waals surface area contributed by atoms with Crippen molar-refractivity contribution in [2.24, 2.45) is 106 Å². The molecular formula is C21H22O2. The lowest BCUT2D eigenvalue weighted by atomic mass is 9.63. The minimum absolute atomic E-state index is 0.203. The van der Waals surface area contributed by atoms with E-state index in [1.54, 1.807) is 0 Å². The molecule has 14 unspecified atom stereocenters. The van der Waals surface area contributed by atoms with Crippen molar-refractivity contribution < 1.29 is 9.90 Å². The van der Waals surface area contributed by atoms with Crippen molar-refractivity contribution in [2.45, 2.75) is 12.8 Å². The van der Waals surface area contributed by atoms with Crippen molar-refractivity contribution in [3.05, 3.63) is 0 Å². The molecule has 10 saturated carbocycles. The van der Waals surface area contributed by atoms with E-state index in [0.717, 1.165) is 82.9 Å². The van der Waals surface area contributed by atoms with E-state index in [4.69, 9.17) is 0 Å². The molecule has 23 heavy (non-hydrogen) atoms. The Balaban J connectivity index is 1.46. The predicted molar refractivity (Wildman–Crippen MR) is 78.6 cm³/mol. The summed E-state index contributed by atoms with van der Waals surface area (Å²) >= 11 is 0. The molecule has 1 N–H and O–H groups in total. The topological polar surface area (TPSA) is 37.3 Å². The third-order valence-electron chi connectivity index (χ3n) is 13.1. The van der Waals surface area contributed by atoms with Crippen molar-refractivity contribution in [3.63, 3.8) is 0 Å². The normalized spacial score (nSPS) is 91.2. The van der Waals surface area contributed by atoms with Gasteiger partial charge < -0.3 is 5.11 Å². The summed E-state index contributed by atoms with van der Waals surface area (Å²) in [6.07, 6.45) is 2.96. The van der Waals surface area contributed by atoms with Crippen molar-refractivity contribution >= 4 is 5.97 Å². The molecular weight excluding hydrogens is 284 g/mol. The van der Waals surface area contributed by atoms with Crippen molar-refractivity contribution in [1.29, 1.82) is 0 Å². The van der Waals surface area contributed by atoms with Crippen LogP contribution < -0.4 is 0 Å². The van der Waals surface area contributed by atoms with Crippen LogP contribution in [0.15, 0.2) is 0 Å². The lowest BCUT2D eigenvalue weighted by molar-refractivity contribution is -0.157. The second-order valence-electron chi connectivity index (χ2n) is 11.7.